The number of anilines is 1. The lowest BCUT2D eigenvalue weighted by molar-refractivity contribution is -0.0217. The van der Waals surface area contributed by atoms with Crippen molar-refractivity contribution >= 4 is 23.4 Å². The summed E-state index contributed by atoms with van der Waals surface area (Å²) in [7, 11) is 3.52. The fourth-order valence-corrected chi connectivity index (χ4v) is 7.25. The number of hydrogen-bond acceptors (Lipinski definition) is 7. The minimum atomic E-state index is -0.199. The lowest BCUT2D eigenvalue weighted by Crippen LogP contribution is -2.56. The van der Waals surface area contributed by atoms with E-state index < -0.39 is 0 Å². The molecule has 4 aromatic rings. The second-order valence-corrected chi connectivity index (χ2v) is 13.7. The molecule has 3 amide bonds. The molecule has 1 saturated carbocycles. The van der Waals surface area contributed by atoms with Gasteiger partial charge in [-0.05, 0) is 72.4 Å². The number of carbonyl (C=O) groups is 3. The van der Waals surface area contributed by atoms with Crippen molar-refractivity contribution in [3.63, 3.8) is 0 Å². The van der Waals surface area contributed by atoms with E-state index in [0.29, 0.717) is 35.7 Å². The van der Waals surface area contributed by atoms with E-state index in [9.17, 15) is 14.4 Å². The summed E-state index contributed by atoms with van der Waals surface area (Å²) in [6, 6.07) is 23.2. The Kier molecular flexibility index (Phi) is 9.80. The summed E-state index contributed by atoms with van der Waals surface area (Å²) in [5.74, 6) is 0.0790. The number of carbonyl (C=O) groups excluding carboxylic acids is 3. The number of amides is 3. The Morgan fingerprint density at radius 1 is 0.780 bits per heavy atom. The second kappa shape index (κ2) is 14.6. The van der Waals surface area contributed by atoms with Gasteiger partial charge in [0.15, 0.2) is 5.82 Å². The van der Waals surface area contributed by atoms with Crippen LogP contribution in [0.2, 0.25) is 0 Å². The van der Waals surface area contributed by atoms with Crippen LogP contribution in [0.1, 0.15) is 73.0 Å². The molecule has 2 N–H and O–H groups in total. The van der Waals surface area contributed by atoms with Gasteiger partial charge in [-0.2, -0.15) is 0 Å². The highest BCUT2D eigenvalue weighted by atomic mass is 16.5. The highest BCUT2D eigenvalue weighted by molar-refractivity contribution is 6.04. The molecule has 0 bridgehead atoms. The van der Waals surface area contributed by atoms with Crippen molar-refractivity contribution in [1.82, 2.24) is 29.6 Å². The minimum absolute atomic E-state index is 0.00183. The van der Waals surface area contributed by atoms with E-state index >= 15 is 0 Å². The maximum Gasteiger partial charge on any atom is 0.287 e. The van der Waals surface area contributed by atoms with Gasteiger partial charge in [0.25, 0.3) is 17.7 Å². The maximum absolute atomic E-state index is 13.4. The number of imidazole rings is 1. The van der Waals surface area contributed by atoms with E-state index in [4.69, 9.17) is 4.74 Å². The van der Waals surface area contributed by atoms with Crippen LogP contribution in [0.25, 0.3) is 0 Å². The van der Waals surface area contributed by atoms with E-state index in [2.05, 4.69) is 30.0 Å². The van der Waals surface area contributed by atoms with Gasteiger partial charge in [-0.1, -0.05) is 36.4 Å². The fraction of sp³-hybridized carbons (Fsp3) is 0.385. The predicted octanol–water partition coefficient (Wildman–Crippen LogP) is 4.49. The molecule has 3 aliphatic rings. The summed E-state index contributed by atoms with van der Waals surface area (Å²) < 4.78 is 7.52. The monoisotopic (exact) mass is 675 g/mol. The molecule has 3 heterocycles. The topological polar surface area (TPSA) is 112 Å². The zero-order chi connectivity index (χ0) is 34.7. The third kappa shape index (κ3) is 7.07. The fourth-order valence-electron chi connectivity index (χ4n) is 7.25. The summed E-state index contributed by atoms with van der Waals surface area (Å²) in [5.41, 5.74) is 6.22. The Morgan fingerprint density at radius 3 is 2.06 bits per heavy atom. The van der Waals surface area contributed by atoms with Crippen LogP contribution in [0.3, 0.4) is 0 Å². The molecule has 0 radical (unpaired) electrons. The van der Waals surface area contributed by atoms with Crippen LogP contribution in [-0.2, 0) is 36.5 Å². The van der Waals surface area contributed by atoms with Crippen LogP contribution in [0, 0.1) is 0 Å². The minimum Gasteiger partial charge on any atom is -0.379 e. The standard InChI is InChI=1S/C39H45N7O4/c1-43(2)38(49)32-12-6-30(7-13-32)27-45-18-19-46-34(39(45)16-3-17-39)25-40-35(46)37(48)41-24-28-8-14-33(15-9-28)42-36(47)31-10-4-29(5-11-31)26-44-20-22-50-23-21-44/h4-15,25H,3,16-24,26-27H2,1-2H3,(H,41,48)(H,42,47). The third-order valence-corrected chi connectivity index (χ3v) is 10.3. The number of benzene rings is 3. The van der Waals surface area contributed by atoms with Gasteiger partial charge in [0.05, 0.1) is 30.6 Å². The van der Waals surface area contributed by atoms with Gasteiger partial charge in [0.1, 0.15) is 0 Å². The lowest BCUT2D eigenvalue weighted by atomic mass is 9.72. The molecule has 50 heavy (non-hydrogen) atoms. The highest BCUT2D eigenvalue weighted by Crippen LogP contribution is 2.49. The third-order valence-electron chi connectivity index (χ3n) is 10.3. The van der Waals surface area contributed by atoms with E-state index in [1.54, 1.807) is 19.0 Å². The van der Waals surface area contributed by atoms with Gasteiger partial charge in [0.2, 0.25) is 0 Å². The van der Waals surface area contributed by atoms with Gasteiger partial charge in [-0.3, -0.25) is 24.2 Å². The summed E-state index contributed by atoms with van der Waals surface area (Å²) in [6.07, 6.45) is 5.08. The first-order valence-corrected chi connectivity index (χ1v) is 17.5. The Bertz CT molecular complexity index is 1820. The van der Waals surface area contributed by atoms with Crippen LogP contribution in [0.5, 0.6) is 0 Å². The Labute approximate surface area is 293 Å². The van der Waals surface area contributed by atoms with Crippen molar-refractivity contribution < 1.29 is 19.1 Å². The molecule has 260 valence electrons. The van der Waals surface area contributed by atoms with Crippen molar-refractivity contribution in [1.29, 1.82) is 0 Å². The predicted molar refractivity (Wildman–Crippen MR) is 191 cm³/mol. The average molecular weight is 676 g/mol. The number of hydrogen-bond donors (Lipinski definition) is 2. The molecule has 2 aliphatic heterocycles. The van der Waals surface area contributed by atoms with E-state index in [-0.39, 0.29) is 23.3 Å². The Hall–Kier alpha value is -4.84. The van der Waals surface area contributed by atoms with Crippen LogP contribution in [0.15, 0.2) is 79.0 Å². The summed E-state index contributed by atoms with van der Waals surface area (Å²) >= 11 is 0. The smallest absolute Gasteiger partial charge is 0.287 e. The number of rotatable bonds is 10. The molecule has 2 fully saturated rings. The highest BCUT2D eigenvalue weighted by Gasteiger charge is 2.49. The second-order valence-electron chi connectivity index (χ2n) is 13.7. The molecule has 11 nitrogen and oxygen atoms in total. The van der Waals surface area contributed by atoms with Crippen molar-refractivity contribution in [2.24, 2.45) is 0 Å². The van der Waals surface area contributed by atoms with Crippen molar-refractivity contribution in [2.75, 3.05) is 52.3 Å². The van der Waals surface area contributed by atoms with E-state index in [1.807, 2.05) is 79.0 Å². The lowest BCUT2D eigenvalue weighted by Gasteiger charge is -2.53. The van der Waals surface area contributed by atoms with Crippen LogP contribution in [-0.4, -0.2) is 88.9 Å². The largest absolute Gasteiger partial charge is 0.379 e. The molecule has 0 unspecified atom stereocenters. The van der Waals surface area contributed by atoms with Crippen LogP contribution < -0.4 is 10.6 Å². The first kappa shape index (κ1) is 33.6. The van der Waals surface area contributed by atoms with Crippen LogP contribution >= 0.6 is 0 Å². The molecule has 1 aromatic heterocycles. The zero-order valence-electron chi connectivity index (χ0n) is 28.9. The van der Waals surface area contributed by atoms with Gasteiger partial charge >= 0.3 is 0 Å². The molecular weight excluding hydrogens is 630 g/mol. The number of morpholine rings is 1. The normalized spacial score (nSPS) is 17.1. The number of nitrogens with zero attached hydrogens (tertiary/aromatic N) is 5. The molecular formula is C39H45N7O4. The Morgan fingerprint density at radius 2 is 1.42 bits per heavy atom. The molecule has 11 heteroatoms. The molecule has 1 saturated heterocycles. The summed E-state index contributed by atoms with van der Waals surface area (Å²) in [5, 5.41) is 6.01. The zero-order valence-corrected chi connectivity index (χ0v) is 28.9. The molecule has 7 rings (SSSR count). The number of ether oxygens (including phenoxy) is 1. The van der Waals surface area contributed by atoms with Crippen molar-refractivity contribution in [3.05, 3.63) is 118 Å². The molecule has 3 aromatic carbocycles. The van der Waals surface area contributed by atoms with Gasteiger partial charge in [-0.25, -0.2) is 4.98 Å². The first-order valence-electron chi connectivity index (χ1n) is 17.5. The number of aromatic nitrogens is 2. The molecule has 1 spiro atoms. The number of nitrogens with one attached hydrogen (secondary N) is 2. The van der Waals surface area contributed by atoms with Gasteiger partial charge in [-0.15, -0.1) is 0 Å². The first-order chi connectivity index (χ1) is 24.3. The van der Waals surface area contributed by atoms with E-state index in [0.717, 1.165) is 82.0 Å². The van der Waals surface area contributed by atoms with Crippen LogP contribution in [0.4, 0.5) is 5.69 Å². The summed E-state index contributed by atoms with van der Waals surface area (Å²) in [6.45, 7) is 6.85. The quantitative estimate of drug-likeness (QED) is 0.255. The van der Waals surface area contributed by atoms with E-state index in [1.165, 1.54) is 5.56 Å². The molecule has 1 aliphatic carbocycles. The number of fused-ring (bicyclic) bond motifs is 2. The van der Waals surface area contributed by atoms with Crippen molar-refractivity contribution in [2.45, 2.75) is 51.0 Å². The SMILES string of the molecule is CN(C)C(=O)c1ccc(CN2CCn3c(cnc3C(=O)NCc3ccc(NC(=O)c4ccc(CN5CCOCC5)cc4)cc3)C23CCC3)cc1. The maximum atomic E-state index is 13.4. The Balaban J connectivity index is 0.927. The van der Waals surface area contributed by atoms with Gasteiger partial charge < -0.3 is 24.8 Å². The van der Waals surface area contributed by atoms with Crippen molar-refractivity contribution in [3.8, 4) is 0 Å². The molecule has 0 atom stereocenters. The average Bonchev–Trinajstić information content (AvgIpc) is 3.56. The van der Waals surface area contributed by atoms with Gasteiger partial charge in [0, 0.05) is 76.7 Å². The summed E-state index contributed by atoms with van der Waals surface area (Å²) in [4.78, 5) is 49.7.